The van der Waals surface area contributed by atoms with Crippen molar-refractivity contribution in [3.63, 3.8) is 0 Å². The van der Waals surface area contributed by atoms with E-state index in [1.165, 1.54) is 10.7 Å². The highest BCUT2D eigenvalue weighted by Crippen LogP contribution is 2.29. The van der Waals surface area contributed by atoms with Crippen LogP contribution in [0, 0.1) is 5.92 Å². The van der Waals surface area contributed by atoms with E-state index in [4.69, 9.17) is 0 Å². The Morgan fingerprint density at radius 2 is 1.81 bits per heavy atom. The summed E-state index contributed by atoms with van der Waals surface area (Å²) in [5, 5.41) is 3.31. The molecule has 1 N–H and O–H groups in total. The molecule has 6 heteroatoms. The molecule has 0 bridgehead atoms. The van der Waals surface area contributed by atoms with Crippen molar-refractivity contribution in [1.29, 1.82) is 0 Å². The van der Waals surface area contributed by atoms with Crippen LogP contribution in [0.3, 0.4) is 0 Å². The fourth-order valence-corrected chi connectivity index (χ4v) is 4.53. The summed E-state index contributed by atoms with van der Waals surface area (Å²) >= 11 is 0. The predicted octanol–water partition coefficient (Wildman–Crippen LogP) is 2.06. The van der Waals surface area contributed by atoms with Crippen LogP contribution in [0.2, 0.25) is 0 Å². The van der Waals surface area contributed by atoms with Gasteiger partial charge in [0.2, 0.25) is 0 Å². The first-order chi connectivity index (χ1) is 9.91. The van der Waals surface area contributed by atoms with Crippen LogP contribution in [0.25, 0.3) is 0 Å². The highest BCUT2D eigenvalue weighted by molar-refractivity contribution is 7.86. The molecule has 21 heavy (non-hydrogen) atoms. The molecule has 0 aromatic carbocycles. The Labute approximate surface area is 131 Å². The second kappa shape index (κ2) is 9.08. The van der Waals surface area contributed by atoms with Crippen molar-refractivity contribution in [2.75, 3.05) is 33.7 Å². The van der Waals surface area contributed by atoms with Crippen LogP contribution < -0.4 is 5.32 Å². The Balaban J connectivity index is 2.49. The molecule has 1 aliphatic rings. The van der Waals surface area contributed by atoms with Crippen molar-refractivity contribution in [3.05, 3.63) is 0 Å². The third kappa shape index (κ3) is 5.51. The summed E-state index contributed by atoms with van der Waals surface area (Å²) in [5.41, 5.74) is 0. The van der Waals surface area contributed by atoms with Gasteiger partial charge >= 0.3 is 0 Å². The summed E-state index contributed by atoms with van der Waals surface area (Å²) in [6.45, 7) is 6.74. The van der Waals surface area contributed by atoms with Crippen LogP contribution in [0.5, 0.6) is 0 Å². The lowest BCUT2D eigenvalue weighted by atomic mass is 9.86. The van der Waals surface area contributed by atoms with E-state index in [1.54, 1.807) is 18.4 Å². The molecule has 0 aliphatic heterocycles. The van der Waals surface area contributed by atoms with Gasteiger partial charge in [-0.1, -0.05) is 26.7 Å². The van der Waals surface area contributed by atoms with Crippen molar-refractivity contribution in [1.82, 2.24) is 13.9 Å². The lowest BCUT2D eigenvalue weighted by Gasteiger charge is -2.37. The third-order valence-electron chi connectivity index (χ3n) is 4.54. The Morgan fingerprint density at radius 3 is 2.43 bits per heavy atom. The third-order valence-corrected chi connectivity index (χ3v) is 6.51. The normalized spacial score (nSPS) is 23.9. The molecule has 0 saturated heterocycles. The summed E-state index contributed by atoms with van der Waals surface area (Å²) < 4.78 is 28.4. The zero-order valence-corrected chi connectivity index (χ0v) is 15.0. The maximum atomic E-state index is 12.6. The van der Waals surface area contributed by atoms with Crippen LogP contribution in [-0.4, -0.2) is 56.8 Å². The summed E-state index contributed by atoms with van der Waals surface area (Å²) in [4.78, 5) is 0. The van der Waals surface area contributed by atoms with Gasteiger partial charge in [0.15, 0.2) is 0 Å². The molecule has 0 aromatic heterocycles. The van der Waals surface area contributed by atoms with Crippen molar-refractivity contribution in [2.45, 2.75) is 58.4 Å². The highest BCUT2D eigenvalue weighted by Gasteiger charge is 2.33. The molecule has 0 spiro atoms. The first kappa shape index (κ1) is 18.9. The molecule has 0 radical (unpaired) electrons. The number of rotatable bonds is 9. The molecule has 1 aliphatic carbocycles. The largest absolute Gasteiger partial charge is 0.317 e. The van der Waals surface area contributed by atoms with Gasteiger partial charge in [-0.2, -0.15) is 17.0 Å². The predicted molar refractivity (Wildman–Crippen MR) is 88.5 cm³/mol. The van der Waals surface area contributed by atoms with Gasteiger partial charge in [-0.05, 0) is 44.7 Å². The first-order valence-electron chi connectivity index (χ1n) is 8.31. The number of nitrogens with one attached hydrogen (secondary N) is 1. The van der Waals surface area contributed by atoms with Crippen molar-refractivity contribution in [3.8, 4) is 0 Å². The fraction of sp³-hybridized carbons (Fsp3) is 1.00. The fourth-order valence-electron chi connectivity index (χ4n) is 3.07. The monoisotopic (exact) mass is 319 g/mol. The Kier molecular flexibility index (Phi) is 8.16. The minimum Gasteiger partial charge on any atom is -0.317 e. The van der Waals surface area contributed by atoms with E-state index >= 15 is 0 Å². The summed E-state index contributed by atoms with van der Waals surface area (Å²) in [6, 6.07) is 0.157. The summed E-state index contributed by atoms with van der Waals surface area (Å²) in [5.74, 6) is 0.457. The maximum absolute atomic E-state index is 12.6. The van der Waals surface area contributed by atoms with E-state index in [0.717, 1.165) is 45.2 Å². The van der Waals surface area contributed by atoms with Gasteiger partial charge in [0.05, 0.1) is 0 Å². The molecular formula is C15H33N3O2S. The molecule has 0 aromatic rings. The molecular weight excluding hydrogens is 286 g/mol. The molecule has 2 atom stereocenters. The second-order valence-corrected chi connectivity index (χ2v) is 8.37. The maximum Gasteiger partial charge on any atom is 0.281 e. The lowest BCUT2D eigenvalue weighted by Crippen LogP contribution is -2.48. The van der Waals surface area contributed by atoms with Crippen molar-refractivity contribution in [2.24, 2.45) is 5.92 Å². The molecule has 1 saturated carbocycles. The van der Waals surface area contributed by atoms with Gasteiger partial charge in [-0.3, -0.25) is 0 Å². The van der Waals surface area contributed by atoms with Crippen molar-refractivity contribution < 1.29 is 8.42 Å². The van der Waals surface area contributed by atoms with Gasteiger partial charge < -0.3 is 5.32 Å². The number of nitrogens with zero attached hydrogens (tertiary/aromatic N) is 2. The van der Waals surface area contributed by atoms with E-state index < -0.39 is 10.2 Å². The Hall–Kier alpha value is -0.170. The van der Waals surface area contributed by atoms with E-state index in [9.17, 15) is 8.42 Å². The van der Waals surface area contributed by atoms with Crippen LogP contribution in [0.4, 0.5) is 0 Å². The van der Waals surface area contributed by atoms with Gasteiger partial charge in [0.1, 0.15) is 0 Å². The molecule has 0 heterocycles. The summed E-state index contributed by atoms with van der Waals surface area (Å²) in [6.07, 6.45) is 6.45. The zero-order chi connectivity index (χ0) is 15.9. The number of hydrogen-bond donors (Lipinski definition) is 1. The van der Waals surface area contributed by atoms with Crippen LogP contribution >= 0.6 is 0 Å². The van der Waals surface area contributed by atoms with Crippen LogP contribution in [-0.2, 0) is 10.2 Å². The quantitative estimate of drug-likeness (QED) is 0.662. The van der Waals surface area contributed by atoms with Gasteiger partial charge in [0, 0.05) is 26.7 Å². The van der Waals surface area contributed by atoms with E-state index in [-0.39, 0.29) is 6.04 Å². The van der Waals surface area contributed by atoms with E-state index in [0.29, 0.717) is 12.5 Å². The topological polar surface area (TPSA) is 52.7 Å². The van der Waals surface area contributed by atoms with Gasteiger partial charge in [0.25, 0.3) is 10.2 Å². The minimum absolute atomic E-state index is 0.157. The molecule has 1 rings (SSSR count). The standard InChI is InChI=1S/C15H33N3O2S/c1-5-11-16-12-8-13-17(3)21(19,20)18(4)15-10-7-6-9-14(15)2/h14-16H,5-13H2,1-4H3. The van der Waals surface area contributed by atoms with E-state index in [1.807, 2.05) is 0 Å². The van der Waals surface area contributed by atoms with Crippen LogP contribution in [0.1, 0.15) is 52.4 Å². The Morgan fingerprint density at radius 1 is 1.14 bits per heavy atom. The Bertz CT molecular complexity index is 386. The minimum atomic E-state index is -3.33. The smallest absolute Gasteiger partial charge is 0.281 e. The molecule has 5 nitrogen and oxygen atoms in total. The summed E-state index contributed by atoms with van der Waals surface area (Å²) in [7, 11) is 0.112. The van der Waals surface area contributed by atoms with Crippen LogP contribution in [0.15, 0.2) is 0 Å². The zero-order valence-electron chi connectivity index (χ0n) is 14.1. The second-order valence-electron chi connectivity index (χ2n) is 6.28. The lowest BCUT2D eigenvalue weighted by molar-refractivity contribution is 0.204. The molecule has 2 unspecified atom stereocenters. The molecule has 1 fully saturated rings. The SMILES string of the molecule is CCCNCCCN(C)S(=O)(=O)N(C)C1CCCCC1C. The highest BCUT2D eigenvalue weighted by atomic mass is 32.2. The van der Waals surface area contributed by atoms with Gasteiger partial charge in [-0.15, -0.1) is 0 Å². The average Bonchev–Trinajstić information content (AvgIpc) is 2.46. The molecule has 0 amide bonds. The van der Waals surface area contributed by atoms with E-state index in [2.05, 4.69) is 19.2 Å². The first-order valence-corrected chi connectivity index (χ1v) is 9.71. The van der Waals surface area contributed by atoms with Crippen molar-refractivity contribution >= 4 is 10.2 Å². The average molecular weight is 320 g/mol. The number of hydrogen-bond acceptors (Lipinski definition) is 3. The van der Waals surface area contributed by atoms with Gasteiger partial charge in [-0.25, -0.2) is 0 Å². The molecule has 126 valence electrons.